The molecule has 134 valence electrons. The van der Waals surface area contributed by atoms with Crippen LogP contribution in [0.15, 0.2) is 47.8 Å². The maximum atomic E-state index is 12.5. The summed E-state index contributed by atoms with van der Waals surface area (Å²) in [7, 11) is -3.30. The number of aliphatic hydroxyl groups is 1. The van der Waals surface area contributed by atoms with Crippen molar-refractivity contribution in [3.63, 3.8) is 0 Å². The molecule has 1 N–H and O–H groups in total. The highest BCUT2D eigenvalue weighted by molar-refractivity contribution is 7.91. The number of benzene rings is 1. The summed E-state index contributed by atoms with van der Waals surface area (Å²) in [5.41, 5.74) is 0.877. The van der Waals surface area contributed by atoms with E-state index in [0.29, 0.717) is 13.0 Å². The SMILES string of the molecule is O=C([C@@H](O)Cc1ccccc1)N1CC[C@H](c2cccs2)S(=O)(=O)CC1. The zero-order valence-electron chi connectivity index (χ0n) is 13.7. The molecule has 2 aromatic rings. The molecule has 0 saturated carbocycles. The molecule has 25 heavy (non-hydrogen) atoms. The Hall–Kier alpha value is -1.70. The molecule has 1 fully saturated rings. The number of rotatable bonds is 4. The predicted molar refractivity (Wildman–Crippen MR) is 98.2 cm³/mol. The summed E-state index contributed by atoms with van der Waals surface area (Å²) in [6, 6.07) is 13.0. The van der Waals surface area contributed by atoms with Gasteiger partial charge in [0.2, 0.25) is 0 Å². The number of hydrogen-bond donors (Lipinski definition) is 1. The Morgan fingerprint density at radius 1 is 1.20 bits per heavy atom. The molecule has 0 aliphatic carbocycles. The number of hydrogen-bond acceptors (Lipinski definition) is 5. The van der Waals surface area contributed by atoms with Gasteiger partial charge in [-0.1, -0.05) is 36.4 Å². The maximum absolute atomic E-state index is 12.5. The van der Waals surface area contributed by atoms with Gasteiger partial charge in [0.25, 0.3) is 5.91 Å². The number of aliphatic hydroxyl groups excluding tert-OH is 1. The molecule has 2 atom stereocenters. The van der Waals surface area contributed by atoms with Gasteiger partial charge in [0.05, 0.1) is 11.0 Å². The summed E-state index contributed by atoms with van der Waals surface area (Å²) in [4.78, 5) is 14.8. The van der Waals surface area contributed by atoms with Crippen molar-refractivity contribution in [2.75, 3.05) is 18.8 Å². The average molecular weight is 380 g/mol. The van der Waals surface area contributed by atoms with Crippen molar-refractivity contribution < 1.29 is 18.3 Å². The zero-order chi connectivity index (χ0) is 17.9. The summed E-state index contributed by atoms with van der Waals surface area (Å²) >= 11 is 1.43. The second kappa shape index (κ2) is 7.68. The van der Waals surface area contributed by atoms with E-state index in [9.17, 15) is 18.3 Å². The van der Waals surface area contributed by atoms with E-state index >= 15 is 0 Å². The zero-order valence-corrected chi connectivity index (χ0v) is 15.4. The molecule has 1 aromatic carbocycles. The van der Waals surface area contributed by atoms with Gasteiger partial charge in [0, 0.05) is 24.4 Å². The normalized spacial score (nSPS) is 21.5. The molecule has 7 heteroatoms. The minimum absolute atomic E-state index is 0.0701. The first-order valence-electron chi connectivity index (χ1n) is 8.23. The van der Waals surface area contributed by atoms with Crippen LogP contribution in [-0.4, -0.2) is 49.3 Å². The van der Waals surface area contributed by atoms with Gasteiger partial charge in [-0.3, -0.25) is 4.79 Å². The smallest absolute Gasteiger partial charge is 0.251 e. The third-order valence-corrected chi connectivity index (χ3v) is 7.71. The first-order valence-corrected chi connectivity index (χ1v) is 10.8. The largest absolute Gasteiger partial charge is 0.383 e. The van der Waals surface area contributed by atoms with E-state index in [4.69, 9.17) is 0 Å². The Labute approximate surface area is 151 Å². The number of sulfone groups is 1. The van der Waals surface area contributed by atoms with Gasteiger partial charge in [-0.2, -0.15) is 0 Å². The van der Waals surface area contributed by atoms with Gasteiger partial charge in [-0.15, -0.1) is 11.3 Å². The summed E-state index contributed by atoms with van der Waals surface area (Å²) in [6.07, 6.45) is -0.549. The van der Waals surface area contributed by atoms with E-state index in [2.05, 4.69) is 0 Å². The number of carbonyl (C=O) groups excluding carboxylic acids is 1. The molecule has 1 aromatic heterocycles. The van der Waals surface area contributed by atoms with Crippen LogP contribution in [0, 0.1) is 0 Å². The van der Waals surface area contributed by atoms with E-state index in [1.54, 1.807) is 0 Å². The van der Waals surface area contributed by atoms with Gasteiger partial charge in [0.15, 0.2) is 9.84 Å². The van der Waals surface area contributed by atoms with Crippen molar-refractivity contribution in [2.45, 2.75) is 24.2 Å². The summed E-state index contributed by atoms with van der Waals surface area (Å²) in [5.74, 6) is -0.467. The fourth-order valence-corrected chi connectivity index (χ4v) is 6.10. The Kier molecular flexibility index (Phi) is 5.56. The van der Waals surface area contributed by atoms with Crippen LogP contribution in [0.1, 0.15) is 22.1 Å². The highest BCUT2D eigenvalue weighted by atomic mass is 32.2. The van der Waals surface area contributed by atoms with Crippen LogP contribution in [0.25, 0.3) is 0 Å². The fourth-order valence-electron chi connectivity index (χ4n) is 3.09. The highest BCUT2D eigenvalue weighted by Gasteiger charge is 2.34. The lowest BCUT2D eigenvalue weighted by molar-refractivity contribution is -0.139. The van der Waals surface area contributed by atoms with Crippen LogP contribution < -0.4 is 0 Å². The molecule has 0 radical (unpaired) electrons. The first kappa shape index (κ1) is 18.1. The second-order valence-corrected chi connectivity index (χ2v) is 9.47. The fraction of sp³-hybridized carbons (Fsp3) is 0.389. The molecule has 1 aliphatic rings. The van der Waals surface area contributed by atoms with Crippen LogP contribution in [0.3, 0.4) is 0 Å². The molecule has 1 saturated heterocycles. The van der Waals surface area contributed by atoms with E-state index in [-0.39, 0.29) is 18.7 Å². The van der Waals surface area contributed by atoms with Gasteiger partial charge in [0.1, 0.15) is 6.10 Å². The lowest BCUT2D eigenvalue weighted by Gasteiger charge is -2.23. The molecule has 0 spiro atoms. The van der Waals surface area contributed by atoms with Crippen LogP contribution >= 0.6 is 11.3 Å². The van der Waals surface area contributed by atoms with Crippen LogP contribution in [0.2, 0.25) is 0 Å². The Balaban J connectivity index is 1.68. The summed E-state index contributed by atoms with van der Waals surface area (Å²) < 4.78 is 25.1. The number of carbonyl (C=O) groups is 1. The Morgan fingerprint density at radius 2 is 1.96 bits per heavy atom. The molecular formula is C18H21NO4S2. The maximum Gasteiger partial charge on any atom is 0.251 e. The molecule has 1 amide bonds. The monoisotopic (exact) mass is 379 g/mol. The topological polar surface area (TPSA) is 74.7 Å². The standard InChI is InChI=1S/C18H21NO4S2/c20-15(13-14-5-2-1-3-6-14)18(21)19-9-8-17(16-7-4-11-24-16)25(22,23)12-10-19/h1-7,11,15,17,20H,8-10,12-13H2/t15-,17+/m0/s1. The molecule has 1 aliphatic heterocycles. The molecule has 2 heterocycles. The van der Waals surface area contributed by atoms with Crippen LogP contribution in [0.5, 0.6) is 0 Å². The number of amides is 1. The Morgan fingerprint density at radius 3 is 2.64 bits per heavy atom. The van der Waals surface area contributed by atoms with E-state index in [0.717, 1.165) is 10.4 Å². The summed E-state index contributed by atoms with van der Waals surface area (Å²) in [6.45, 7) is 0.474. The summed E-state index contributed by atoms with van der Waals surface area (Å²) in [5, 5.41) is 11.6. The van der Waals surface area contributed by atoms with Crippen molar-refractivity contribution in [1.29, 1.82) is 0 Å². The first-order chi connectivity index (χ1) is 12.0. The molecule has 3 rings (SSSR count). The number of nitrogens with zero attached hydrogens (tertiary/aromatic N) is 1. The van der Waals surface area contributed by atoms with Crippen molar-refractivity contribution >= 4 is 27.1 Å². The minimum Gasteiger partial charge on any atom is -0.383 e. The van der Waals surface area contributed by atoms with E-state index in [1.165, 1.54) is 16.2 Å². The third kappa shape index (κ3) is 4.29. The minimum atomic E-state index is -3.30. The van der Waals surface area contributed by atoms with Gasteiger partial charge in [-0.05, 0) is 23.4 Å². The molecule has 0 bridgehead atoms. The van der Waals surface area contributed by atoms with Gasteiger partial charge < -0.3 is 10.0 Å². The van der Waals surface area contributed by atoms with Crippen molar-refractivity contribution in [3.8, 4) is 0 Å². The van der Waals surface area contributed by atoms with E-state index < -0.39 is 27.1 Å². The second-order valence-electron chi connectivity index (χ2n) is 6.19. The average Bonchev–Trinajstić information content (AvgIpc) is 3.06. The Bertz CT molecular complexity index is 803. The van der Waals surface area contributed by atoms with Gasteiger partial charge >= 0.3 is 0 Å². The molecule has 0 unspecified atom stereocenters. The lowest BCUT2D eigenvalue weighted by Crippen LogP contribution is -2.41. The van der Waals surface area contributed by atoms with Crippen LogP contribution in [-0.2, 0) is 21.1 Å². The van der Waals surface area contributed by atoms with Gasteiger partial charge in [-0.25, -0.2) is 8.42 Å². The quantitative estimate of drug-likeness (QED) is 0.882. The van der Waals surface area contributed by atoms with Crippen LogP contribution in [0.4, 0.5) is 0 Å². The third-order valence-electron chi connectivity index (χ3n) is 4.47. The van der Waals surface area contributed by atoms with Crippen molar-refractivity contribution in [3.05, 3.63) is 58.3 Å². The van der Waals surface area contributed by atoms with E-state index in [1.807, 2.05) is 47.8 Å². The van der Waals surface area contributed by atoms with Crippen molar-refractivity contribution in [2.24, 2.45) is 0 Å². The number of thiophene rings is 1. The molecular weight excluding hydrogens is 358 g/mol. The lowest BCUT2D eigenvalue weighted by atomic mass is 10.1. The highest BCUT2D eigenvalue weighted by Crippen LogP contribution is 2.32. The molecule has 5 nitrogen and oxygen atoms in total. The predicted octanol–water partition coefficient (Wildman–Crippen LogP) is 2.04. The van der Waals surface area contributed by atoms with Crippen molar-refractivity contribution in [1.82, 2.24) is 4.90 Å².